The van der Waals surface area contributed by atoms with Gasteiger partial charge in [-0.25, -0.2) is 4.79 Å². The molecule has 1 aromatic carbocycles. The molecule has 0 N–H and O–H groups in total. The molecule has 7 heteroatoms. The van der Waals surface area contributed by atoms with Gasteiger partial charge in [-0.3, -0.25) is 9.59 Å². The molecule has 2 aromatic rings. The van der Waals surface area contributed by atoms with E-state index in [0.29, 0.717) is 30.8 Å². The van der Waals surface area contributed by atoms with E-state index in [4.69, 9.17) is 9.15 Å². The Kier molecular flexibility index (Phi) is 5.77. The van der Waals surface area contributed by atoms with Gasteiger partial charge >= 0.3 is 5.63 Å². The van der Waals surface area contributed by atoms with Crippen molar-refractivity contribution in [3.8, 4) is 5.75 Å². The van der Waals surface area contributed by atoms with E-state index in [-0.39, 0.29) is 22.9 Å². The van der Waals surface area contributed by atoms with Crippen molar-refractivity contribution < 1.29 is 18.7 Å². The van der Waals surface area contributed by atoms with Gasteiger partial charge in [0.25, 0.3) is 5.91 Å². The fraction of sp³-hybridized carbons (Fsp3) is 0.542. The molecule has 2 aliphatic heterocycles. The van der Waals surface area contributed by atoms with E-state index in [1.165, 1.54) is 6.07 Å². The van der Waals surface area contributed by atoms with Crippen molar-refractivity contribution in [3.05, 3.63) is 40.2 Å². The summed E-state index contributed by atoms with van der Waals surface area (Å²) in [5, 5.41) is 0.880. The highest BCUT2D eigenvalue weighted by molar-refractivity contribution is 5.83. The number of fused-ring (bicyclic) bond motifs is 1. The predicted molar refractivity (Wildman–Crippen MR) is 117 cm³/mol. The van der Waals surface area contributed by atoms with Crippen LogP contribution in [0.2, 0.25) is 0 Å². The number of ether oxygens (including phenoxy) is 1. The summed E-state index contributed by atoms with van der Waals surface area (Å²) in [6.07, 6.45) is 3.42. The van der Waals surface area contributed by atoms with Gasteiger partial charge in [0.2, 0.25) is 5.91 Å². The van der Waals surface area contributed by atoms with Gasteiger partial charge in [-0.15, -0.1) is 0 Å². The molecule has 2 fully saturated rings. The molecule has 0 saturated carbocycles. The van der Waals surface area contributed by atoms with Crippen LogP contribution >= 0.6 is 0 Å². The van der Waals surface area contributed by atoms with Crippen LogP contribution in [0, 0.1) is 5.41 Å². The Morgan fingerprint density at radius 1 is 1.19 bits per heavy atom. The van der Waals surface area contributed by atoms with E-state index in [1.54, 1.807) is 13.0 Å². The van der Waals surface area contributed by atoms with Crippen molar-refractivity contribution in [2.24, 2.45) is 5.41 Å². The summed E-state index contributed by atoms with van der Waals surface area (Å²) in [5.74, 6) is 0.674. The minimum absolute atomic E-state index is 0.0426. The van der Waals surface area contributed by atoms with Gasteiger partial charge in [-0.1, -0.05) is 6.92 Å². The summed E-state index contributed by atoms with van der Waals surface area (Å²) in [6.45, 7) is 5.89. The molecule has 2 amide bonds. The molecule has 7 nitrogen and oxygen atoms in total. The van der Waals surface area contributed by atoms with Gasteiger partial charge in [0, 0.05) is 50.6 Å². The van der Waals surface area contributed by atoms with Crippen LogP contribution in [0.25, 0.3) is 11.0 Å². The zero-order valence-corrected chi connectivity index (χ0v) is 18.5. The lowest BCUT2D eigenvalue weighted by molar-refractivity contribution is -0.144. The number of amides is 2. The number of likely N-dealkylation sites (tertiary alicyclic amines) is 2. The number of rotatable bonds is 4. The Morgan fingerprint density at radius 3 is 2.61 bits per heavy atom. The first-order valence-corrected chi connectivity index (χ1v) is 11.1. The topological polar surface area (TPSA) is 80.1 Å². The Balaban J connectivity index is 1.40. The zero-order chi connectivity index (χ0) is 22.2. The largest absolute Gasteiger partial charge is 0.481 e. The molecule has 3 heterocycles. The van der Waals surface area contributed by atoms with Gasteiger partial charge in [0.05, 0.1) is 0 Å². The standard InChI is InChI=1S/C24H30N2O5/c1-4-17-13-22(28)31-20-14-18(5-6-19(17)20)30-16(2)23(29)26-11-9-24(10-12-26)8-7-21(27)25(3)15-24/h5-6,13-14,16H,4,7-12,15H2,1-3H3. The van der Waals surface area contributed by atoms with Crippen molar-refractivity contribution in [2.45, 2.75) is 52.1 Å². The molecule has 2 saturated heterocycles. The average Bonchev–Trinajstić information content (AvgIpc) is 2.76. The lowest BCUT2D eigenvalue weighted by atomic mass is 9.72. The lowest BCUT2D eigenvalue weighted by Gasteiger charge is -2.46. The molecular formula is C24H30N2O5. The molecule has 0 radical (unpaired) electrons. The molecule has 0 aliphatic carbocycles. The monoisotopic (exact) mass is 426 g/mol. The first-order valence-electron chi connectivity index (χ1n) is 11.1. The van der Waals surface area contributed by atoms with E-state index in [9.17, 15) is 14.4 Å². The zero-order valence-electron chi connectivity index (χ0n) is 18.5. The number of carbonyl (C=O) groups is 2. The summed E-state index contributed by atoms with van der Waals surface area (Å²) in [4.78, 5) is 40.3. The Hall–Kier alpha value is -2.83. The summed E-state index contributed by atoms with van der Waals surface area (Å²) in [5.41, 5.74) is 1.15. The molecule has 166 valence electrons. The first-order chi connectivity index (χ1) is 14.8. The summed E-state index contributed by atoms with van der Waals surface area (Å²) < 4.78 is 11.2. The van der Waals surface area contributed by atoms with E-state index < -0.39 is 6.10 Å². The van der Waals surface area contributed by atoms with Crippen LogP contribution in [-0.2, 0) is 16.0 Å². The molecule has 1 unspecified atom stereocenters. The normalized spacial score (nSPS) is 19.6. The van der Waals surface area contributed by atoms with Crippen LogP contribution in [0.1, 0.15) is 45.1 Å². The third-order valence-corrected chi connectivity index (χ3v) is 6.85. The lowest BCUT2D eigenvalue weighted by Crippen LogP contribution is -2.52. The van der Waals surface area contributed by atoms with Crippen LogP contribution in [0.5, 0.6) is 5.75 Å². The number of hydrogen-bond acceptors (Lipinski definition) is 5. The summed E-state index contributed by atoms with van der Waals surface area (Å²) in [6, 6.07) is 6.87. The minimum atomic E-state index is -0.636. The van der Waals surface area contributed by atoms with Crippen LogP contribution in [0.4, 0.5) is 0 Å². The number of nitrogens with zero attached hydrogens (tertiary/aromatic N) is 2. The predicted octanol–water partition coefficient (Wildman–Crippen LogP) is 2.98. The van der Waals surface area contributed by atoms with Gasteiger partial charge in [0.1, 0.15) is 11.3 Å². The van der Waals surface area contributed by atoms with Crippen molar-refractivity contribution >= 4 is 22.8 Å². The Morgan fingerprint density at radius 2 is 1.94 bits per heavy atom. The van der Waals surface area contributed by atoms with Crippen molar-refractivity contribution in [1.29, 1.82) is 0 Å². The maximum atomic E-state index is 13.0. The maximum absolute atomic E-state index is 13.0. The molecule has 4 rings (SSSR count). The fourth-order valence-electron chi connectivity index (χ4n) is 4.93. The van der Waals surface area contributed by atoms with Crippen LogP contribution in [0.15, 0.2) is 33.5 Å². The van der Waals surface area contributed by atoms with Gasteiger partial charge in [-0.2, -0.15) is 0 Å². The SMILES string of the molecule is CCc1cc(=O)oc2cc(OC(C)C(=O)N3CCC4(CCC(=O)N(C)C4)CC3)ccc12. The molecule has 0 bridgehead atoms. The van der Waals surface area contributed by atoms with E-state index >= 15 is 0 Å². The third kappa shape index (κ3) is 4.31. The smallest absolute Gasteiger partial charge is 0.336 e. The number of hydrogen-bond donors (Lipinski definition) is 0. The van der Waals surface area contributed by atoms with Gasteiger partial charge in [-0.05, 0) is 55.7 Å². The summed E-state index contributed by atoms with van der Waals surface area (Å²) in [7, 11) is 1.87. The third-order valence-electron chi connectivity index (χ3n) is 6.85. The molecule has 2 aliphatic rings. The minimum Gasteiger partial charge on any atom is -0.481 e. The quantitative estimate of drug-likeness (QED) is 0.702. The molecule has 31 heavy (non-hydrogen) atoms. The number of carbonyl (C=O) groups excluding carboxylic acids is 2. The second-order valence-corrected chi connectivity index (χ2v) is 8.94. The number of aryl methyl sites for hydroxylation is 1. The molecular weight excluding hydrogens is 396 g/mol. The van der Waals surface area contributed by atoms with E-state index in [0.717, 1.165) is 43.2 Å². The highest BCUT2D eigenvalue weighted by Crippen LogP contribution is 2.40. The van der Waals surface area contributed by atoms with Gasteiger partial charge < -0.3 is 19.0 Å². The molecule has 1 aromatic heterocycles. The van der Waals surface area contributed by atoms with E-state index in [1.807, 2.05) is 35.9 Å². The second-order valence-electron chi connectivity index (χ2n) is 8.94. The van der Waals surface area contributed by atoms with Crippen molar-refractivity contribution in [2.75, 3.05) is 26.7 Å². The number of piperidine rings is 2. The fourth-order valence-corrected chi connectivity index (χ4v) is 4.93. The summed E-state index contributed by atoms with van der Waals surface area (Å²) >= 11 is 0. The van der Waals surface area contributed by atoms with Crippen LogP contribution in [-0.4, -0.2) is 54.4 Å². The first kappa shape index (κ1) is 21.4. The maximum Gasteiger partial charge on any atom is 0.336 e. The Labute approximate surface area is 181 Å². The van der Waals surface area contributed by atoms with Crippen LogP contribution < -0.4 is 10.4 Å². The van der Waals surface area contributed by atoms with Crippen LogP contribution in [0.3, 0.4) is 0 Å². The highest BCUT2D eigenvalue weighted by atomic mass is 16.5. The van der Waals surface area contributed by atoms with Crippen molar-refractivity contribution in [3.63, 3.8) is 0 Å². The van der Waals surface area contributed by atoms with E-state index in [2.05, 4.69) is 0 Å². The molecule has 1 spiro atoms. The molecule has 1 atom stereocenters. The highest BCUT2D eigenvalue weighted by Gasteiger charge is 2.41. The number of benzene rings is 1. The Bertz CT molecular complexity index is 1050. The van der Waals surface area contributed by atoms with Crippen molar-refractivity contribution in [1.82, 2.24) is 9.80 Å². The average molecular weight is 427 g/mol. The second kappa shape index (κ2) is 8.36. The van der Waals surface area contributed by atoms with Gasteiger partial charge in [0.15, 0.2) is 6.10 Å².